The zero-order chi connectivity index (χ0) is 12.1. The normalized spacial score (nSPS) is 48.8. The van der Waals surface area contributed by atoms with Gasteiger partial charge in [0, 0.05) is 0 Å². The number of nitrogens with two attached hydrogens (primary N) is 1. The van der Waals surface area contributed by atoms with E-state index < -0.39 is 0 Å². The zero-order valence-electron chi connectivity index (χ0n) is 11.7. The minimum Gasteiger partial charge on any atom is -0.330 e. The van der Waals surface area contributed by atoms with Crippen molar-refractivity contribution in [3.05, 3.63) is 0 Å². The van der Waals surface area contributed by atoms with Gasteiger partial charge >= 0.3 is 0 Å². The highest BCUT2D eigenvalue weighted by Gasteiger charge is 2.51. The molecule has 18 heavy (non-hydrogen) atoms. The van der Waals surface area contributed by atoms with Crippen LogP contribution in [0.5, 0.6) is 0 Å². The van der Waals surface area contributed by atoms with Crippen LogP contribution in [0, 0.1) is 41.4 Å². The summed E-state index contributed by atoms with van der Waals surface area (Å²) in [6.45, 7) is 0.984. The zero-order valence-corrected chi connectivity index (χ0v) is 11.7. The summed E-state index contributed by atoms with van der Waals surface area (Å²) in [4.78, 5) is 0. The van der Waals surface area contributed by atoms with E-state index >= 15 is 0 Å². The molecule has 5 saturated carbocycles. The van der Waals surface area contributed by atoms with Crippen LogP contribution in [0.3, 0.4) is 0 Å². The molecule has 1 heteroatoms. The Morgan fingerprint density at radius 1 is 0.833 bits per heavy atom. The maximum atomic E-state index is 6.23. The molecule has 0 aliphatic heterocycles. The summed E-state index contributed by atoms with van der Waals surface area (Å²) in [5, 5.41) is 0. The van der Waals surface area contributed by atoms with E-state index in [1.807, 2.05) is 0 Å². The quantitative estimate of drug-likeness (QED) is 0.806. The Morgan fingerprint density at radius 3 is 1.89 bits per heavy atom. The van der Waals surface area contributed by atoms with Gasteiger partial charge in [-0.2, -0.15) is 0 Å². The maximum absolute atomic E-state index is 6.23. The smallest absolute Gasteiger partial charge is 0.00434 e. The number of hydrogen-bond donors (Lipinski definition) is 1. The summed E-state index contributed by atoms with van der Waals surface area (Å²) < 4.78 is 0. The Labute approximate surface area is 112 Å². The van der Waals surface area contributed by atoms with Crippen molar-refractivity contribution in [1.29, 1.82) is 0 Å². The van der Waals surface area contributed by atoms with E-state index in [1.54, 1.807) is 32.1 Å². The summed E-state index contributed by atoms with van der Waals surface area (Å²) in [5.74, 6) is 7.31. The summed E-state index contributed by atoms with van der Waals surface area (Å²) in [5.41, 5.74) is 6.23. The van der Waals surface area contributed by atoms with Gasteiger partial charge in [-0.05, 0) is 80.1 Å². The Bertz CT molecular complexity index is 277. The van der Waals surface area contributed by atoms with Crippen LogP contribution < -0.4 is 5.73 Å². The first-order valence-electron chi connectivity index (χ1n) is 8.55. The summed E-state index contributed by atoms with van der Waals surface area (Å²) in [6.07, 6.45) is 13.8. The lowest BCUT2D eigenvalue weighted by Crippen LogP contribution is -2.50. The summed E-state index contributed by atoms with van der Waals surface area (Å²) in [7, 11) is 0. The standard InChI is InChI=1S/C17H29N/c18-10-16(13-3-1-2-4-13)17-14-6-11-5-12(8-14)9-15(17)7-11/h11-17H,1-10,18H2. The molecule has 102 valence electrons. The van der Waals surface area contributed by atoms with Gasteiger partial charge in [0.15, 0.2) is 0 Å². The van der Waals surface area contributed by atoms with Gasteiger partial charge in [-0.15, -0.1) is 0 Å². The van der Waals surface area contributed by atoms with Gasteiger partial charge in [0.2, 0.25) is 0 Å². The minimum absolute atomic E-state index is 0.891. The fourth-order valence-corrected chi connectivity index (χ4v) is 6.72. The van der Waals surface area contributed by atoms with Crippen LogP contribution in [0.4, 0.5) is 0 Å². The predicted octanol–water partition coefficient (Wildman–Crippen LogP) is 3.82. The molecule has 5 rings (SSSR count). The van der Waals surface area contributed by atoms with Crippen LogP contribution in [-0.2, 0) is 0 Å². The van der Waals surface area contributed by atoms with Gasteiger partial charge in [0.1, 0.15) is 0 Å². The molecule has 0 radical (unpaired) electrons. The molecule has 0 aromatic heterocycles. The third-order valence-electron chi connectivity index (χ3n) is 7.07. The maximum Gasteiger partial charge on any atom is -0.00434 e. The third-order valence-corrected chi connectivity index (χ3v) is 7.07. The number of hydrogen-bond acceptors (Lipinski definition) is 1. The average Bonchev–Trinajstić information content (AvgIpc) is 2.86. The molecular weight excluding hydrogens is 218 g/mol. The van der Waals surface area contributed by atoms with E-state index in [0.29, 0.717) is 0 Å². The van der Waals surface area contributed by atoms with Gasteiger partial charge in [0.05, 0.1) is 0 Å². The van der Waals surface area contributed by atoms with Crippen molar-refractivity contribution in [1.82, 2.24) is 0 Å². The van der Waals surface area contributed by atoms with Gasteiger partial charge in [-0.3, -0.25) is 0 Å². The largest absolute Gasteiger partial charge is 0.330 e. The molecule has 4 bridgehead atoms. The van der Waals surface area contributed by atoms with Crippen LogP contribution in [-0.4, -0.2) is 6.54 Å². The lowest BCUT2D eigenvalue weighted by atomic mass is 9.48. The monoisotopic (exact) mass is 247 g/mol. The molecular formula is C17H29N. The third kappa shape index (κ3) is 1.77. The van der Waals surface area contributed by atoms with E-state index in [4.69, 9.17) is 5.73 Å². The van der Waals surface area contributed by atoms with E-state index in [2.05, 4.69) is 0 Å². The number of rotatable bonds is 3. The van der Waals surface area contributed by atoms with Crippen LogP contribution >= 0.6 is 0 Å². The van der Waals surface area contributed by atoms with E-state index in [0.717, 1.165) is 48.0 Å². The Balaban J connectivity index is 1.55. The van der Waals surface area contributed by atoms with Crippen LogP contribution in [0.2, 0.25) is 0 Å². The molecule has 0 spiro atoms. The first-order chi connectivity index (χ1) is 8.85. The van der Waals surface area contributed by atoms with Crippen molar-refractivity contribution in [3.8, 4) is 0 Å². The van der Waals surface area contributed by atoms with Crippen molar-refractivity contribution >= 4 is 0 Å². The summed E-state index contributed by atoms with van der Waals surface area (Å²) in [6, 6.07) is 0. The minimum atomic E-state index is 0.891. The van der Waals surface area contributed by atoms with E-state index in [9.17, 15) is 0 Å². The van der Waals surface area contributed by atoms with Crippen LogP contribution in [0.25, 0.3) is 0 Å². The highest BCUT2D eigenvalue weighted by molar-refractivity contribution is 5.01. The Kier molecular flexibility index (Phi) is 2.94. The SMILES string of the molecule is NCC(C1CCCC1)C1C2CC3CC(C2)CC1C3. The fraction of sp³-hybridized carbons (Fsp3) is 1.00. The predicted molar refractivity (Wildman–Crippen MR) is 75.0 cm³/mol. The van der Waals surface area contributed by atoms with Crippen molar-refractivity contribution in [3.63, 3.8) is 0 Å². The van der Waals surface area contributed by atoms with E-state index in [-0.39, 0.29) is 0 Å². The second kappa shape index (κ2) is 4.51. The van der Waals surface area contributed by atoms with Gasteiger partial charge in [-0.25, -0.2) is 0 Å². The van der Waals surface area contributed by atoms with Gasteiger partial charge in [0.25, 0.3) is 0 Å². The van der Waals surface area contributed by atoms with Gasteiger partial charge in [-0.1, -0.05) is 25.7 Å². The van der Waals surface area contributed by atoms with Crippen LogP contribution in [0.1, 0.15) is 57.8 Å². The average molecular weight is 247 g/mol. The molecule has 5 aliphatic carbocycles. The van der Waals surface area contributed by atoms with Crippen LogP contribution in [0.15, 0.2) is 0 Å². The molecule has 1 unspecified atom stereocenters. The highest BCUT2D eigenvalue weighted by atomic mass is 14.6. The molecule has 0 heterocycles. The van der Waals surface area contributed by atoms with Crippen molar-refractivity contribution < 1.29 is 0 Å². The Morgan fingerprint density at radius 2 is 1.39 bits per heavy atom. The topological polar surface area (TPSA) is 26.0 Å². The molecule has 0 aromatic carbocycles. The first kappa shape index (κ1) is 11.8. The molecule has 1 nitrogen and oxygen atoms in total. The highest BCUT2D eigenvalue weighted by Crippen LogP contribution is 2.59. The lowest BCUT2D eigenvalue weighted by Gasteiger charge is -2.57. The molecule has 2 N–H and O–H groups in total. The van der Waals surface area contributed by atoms with Crippen molar-refractivity contribution in [2.24, 2.45) is 47.2 Å². The van der Waals surface area contributed by atoms with E-state index in [1.165, 1.54) is 25.7 Å². The Hall–Kier alpha value is -0.0400. The summed E-state index contributed by atoms with van der Waals surface area (Å²) >= 11 is 0. The van der Waals surface area contributed by atoms with Gasteiger partial charge < -0.3 is 5.73 Å². The molecule has 0 aromatic rings. The molecule has 0 saturated heterocycles. The fourth-order valence-electron chi connectivity index (χ4n) is 6.72. The van der Waals surface area contributed by atoms with Crippen molar-refractivity contribution in [2.45, 2.75) is 57.8 Å². The second-order valence-corrected chi connectivity index (χ2v) is 7.95. The van der Waals surface area contributed by atoms with Crippen molar-refractivity contribution in [2.75, 3.05) is 6.54 Å². The first-order valence-corrected chi connectivity index (χ1v) is 8.55. The molecule has 5 aliphatic rings. The molecule has 5 fully saturated rings. The molecule has 0 amide bonds. The molecule has 1 atom stereocenters. The second-order valence-electron chi connectivity index (χ2n) is 7.95. The lowest BCUT2D eigenvalue weighted by molar-refractivity contribution is -0.0705.